The molecule has 6 heteroatoms. The number of thiocarbonyl (C=S) groups is 1. The van der Waals surface area contributed by atoms with Gasteiger partial charge in [-0.25, -0.2) is 8.42 Å². The van der Waals surface area contributed by atoms with Crippen LogP contribution in [-0.2, 0) is 10.0 Å². The third kappa shape index (κ3) is 3.32. The first-order chi connectivity index (χ1) is 8.79. The second-order valence-corrected chi connectivity index (χ2v) is 6.62. The predicted molar refractivity (Wildman–Crippen MR) is 81.6 cm³/mol. The lowest BCUT2D eigenvalue weighted by Gasteiger charge is -2.31. The number of hydrogen-bond donors (Lipinski definition) is 2. The largest absolute Gasteiger partial charge is 0.392 e. The lowest BCUT2D eigenvalue weighted by atomic mass is 9.94. The summed E-state index contributed by atoms with van der Waals surface area (Å²) in [5, 5.41) is 0. The number of aryl methyl sites for hydroxylation is 1. The summed E-state index contributed by atoms with van der Waals surface area (Å²) in [6, 6.07) is 6.83. The van der Waals surface area contributed by atoms with Gasteiger partial charge >= 0.3 is 0 Å². The highest BCUT2D eigenvalue weighted by atomic mass is 32.2. The molecule has 0 saturated heterocycles. The van der Waals surface area contributed by atoms with Crippen LogP contribution in [0.2, 0.25) is 0 Å². The van der Waals surface area contributed by atoms with Crippen molar-refractivity contribution in [3.63, 3.8) is 0 Å². The molecule has 106 valence electrons. The van der Waals surface area contributed by atoms with Gasteiger partial charge in [0.25, 0.3) is 0 Å². The maximum absolute atomic E-state index is 12.5. The van der Waals surface area contributed by atoms with E-state index < -0.39 is 15.6 Å². The van der Waals surface area contributed by atoms with E-state index in [0.29, 0.717) is 18.4 Å². The average molecular weight is 300 g/mol. The molecule has 4 nitrogen and oxygen atoms in total. The van der Waals surface area contributed by atoms with Gasteiger partial charge in [-0.2, -0.15) is 4.72 Å². The molecule has 1 aromatic rings. The van der Waals surface area contributed by atoms with Gasteiger partial charge in [0.1, 0.15) is 0 Å². The second kappa shape index (κ2) is 5.98. The van der Waals surface area contributed by atoms with E-state index in [2.05, 4.69) is 4.72 Å². The van der Waals surface area contributed by atoms with E-state index >= 15 is 0 Å². The first-order valence-electron chi connectivity index (χ1n) is 6.18. The van der Waals surface area contributed by atoms with Crippen molar-refractivity contribution < 1.29 is 8.42 Å². The van der Waals surface area contributed by atoms with Crippen molar-refractivity contribution >= 4 is 27.2 Å². The van der Waals surface area contributed by atoms with Crippen LogP contribution in [0.4, 0.5) is 0 Å². The molecule has 3 N–H and O–H groups in total. The minimum absolute atomic E-state index is 0.176. The number of rotatable bonds is 6. The van der Waals surface area contributed by atoms with Crippen molar-refractivity contribution in [3.05, 3.63) is 29.8 Å². The second-order valence-electron chi connectivity index (χ2n) is 4.52. The molecule has 0 spiro atoms. The van der Waals surface area contributed by atoms with E-state index in [1.807, 2.05) is 13.8 Å². The third-order valence-electron chi connectivity index (χ3n) is 3.39. The molecular formula is C13H20N2O2S2. The number of nitrogens with one attached hydrogen (secondary N) is 1. The van der Waals surface area contributed by atoms with Gasteiger partial charge in [0.05, 0.1) is 15.4 Å². The molecule has 0 radical (unpaired) electrons. The third-order valence-corrected chi connectivity index (χ3v) is 5.48. The van der Waals surface area contributed by atoms with Crippen LogP contribution in [0.15, 0.2) is 29.2 Å². The van der Waals surface area contributed by atoms with E-state index in [0.717, 1.165) is 0 Å². The van der Waals surface area contributed by atoms with Crippen molar-refractivity contribution in [2.45, 2.75) is 44.0 Å². The molecule has 1 rings (SSSR count). The van der Waals surface area contributed by atoms with Gasteiger partial charge in [-0.1, -0.05) is 44.3 Å². The van der Waals surface area contributed by atoms with Gasteiger partial charge in [0.15, 0.2) is 0 Å². The summed E-state index contributed by atoms with van der Waals surface area (Å²) in [6.07, 6.45) is 1.04. The van der Waals surface area contributed by atoms with Crippen molar-refractivity contribution in [1.82, 2.24) is 4.72 Å². The molecule has 1 aromatic carbocycles. The van der Waals surface area contributed by atoms with Gasteiger partial charge in [0, 0.05) is 0 Å². The smallest absolute Gasteiger partial charge is 0.241 e. The Labute approximate surface area is 120 Å². The summed E-state index contributed by atoms with van der Waals surface area (Å²) in [6.45, 7) is 5.49. The molecular weight excluding hydrogens is 280 g/mol. The van der Waals surface area contributed by atoms with Crippen molar-refractivity contribution in [2.75, 3.05) is 0 Å². The number of benzene rings is 1. The van der Waals surface area contributed by atoms with Crippen LogP contribution in [0.25, 0.3) is 0 Å². The Hall–Kier alpha value is -0.980. The van der Waals surface area contributed by atoms with Crippen molar-refractivity contribution in [2.24, 2.45) is 5.73 Å². The number of sulfonamides is 1. The van der Waals surface area contributed by atoms with E-state index in [4.69, 9.17) is 18.0 Å². The molecule has 0 saturated carbocycles. The van der Waals surface area contributed by atoms with Crippen molar-refractivity contribution in [1.29, 1.82) is 0 Å². The highest BCUT2D eigenvalue weighted by Crippen LogP contribution is 2.22. The van der Waals surface area contributed by atoms with Gasteiger partial charge in [-0.3, -0.25) is 0 Å². The van der Waals surface area contributed by atoms with Gasteiger partial charge in [-0.05, 0) is 31.4 Å². The zero-order chi connectivity index (χ0) is 14.7. The molecule has 0 bridgehead atoms. The fourth-order valence-electron chi connectivity index (χ4n) is 1.96. The highest BCUT2D eigenvalue weighted by molar-refractivity contribution is 7.89. The first-order valence-corrected chi connectivity index (χ1v) is 8.07. The normalized spacial score (nSPS) is 12.4. The van der Waals surface area contributed by atoms with E-state index in [1.165, 1.54) is 0 Å². The van der Waals surface area contributed by atoms with Gasteiger partial charge < -0.3 is 5.73 Å². The van der Waals surface area contributed by atoms with Gasteiger partial charge in [0.2, 0.25) is 10.0 Å². The molecule has 0 aliphatic carbocycles. The Morgan fingerprint density at radius 2 is 1.84 bits per heavy atom. The highest BCUT2D eigenvalue weighted by Gasteiger charge is 2.35. The van der Waals surface area contributed by atoms with Crippen molar-refractivity contribution in [3.8, 4) is 0 Å². The molecule has 0 heterocycles. The van der Waals surface area contributed by atoms with Crippen LogP contribution in [0.3, 0.4) is 0 Å². The molecule has 0 fully saturated rings. The van der Waals surface area contributed by atoms with E-state index in [9.17, 15) is 8.42 Å². The van der Waals surface area contributed by atoms with Crippen LogP contribution in [0.5, 0.6) is 0 Å². The van der Waals surface area contributed by atoms with Crippen LogP contribution < -0.4 is 10.5 Å². The fraction of sp³-hybridized carbons (Fsp3) is 0.462. The standard InChI is InChI=1S/C13H20N2O2S2/c1-4-13(5-2,12(14)18)15-19(16,17)11-9-7-6-8-10(11)3/h6-9,15H,4-5H2,1-3H3,(H2,14,18). The maximum Gasteiger partial charge on any atom is 0.241 e. The SMILES string of the molecule is CCC(CC)(NS(=O)(=O)c1ccccc1C)C(N)=S. The maximum atomic E-state index is 12.5. The minimum atomic E-state index is -3.64. The lowest BCUT2D eigenvalue weighted by molar-refractivity contribution is 0.465. The quantitative estimate of drug-likeness (QED) is 0.789. The fourth-order valence-corrected chi connectivity index (χ4v) is 4.14. The lowest BCUT2D eigenvalue weighted by Crippen LogP contribution is -2.55. The summed E-state index contributed by atoms with van der Waals surface area (Å²) in [5.74, 6) is 0. The molecule has 19 heavy (non-hydrogen) atoms. The molecule has 0 aliphatic heterocycles. The first kappa shape index (κ1) is 16.1. The van der Waals surface area contributed by atoms with Crippen LogP contribution in [0, 0.1) is 6.92 Å². The zero-order valence-electron chi connectivity index (χ0n) is 11.4. The number of nitrogens with two attached hydrogens (primary N) is 1. The molecule has 0 aromatic heterocycles. The molecule has 0 unspecified atom stereocenters. The Balaban J connectivity index is 3.23. The summed E-state index contributed by atoms with van der Waals surface area (Å²) in [7, 11) is -3.64. The van der Waals surface area contributed by atoms with E-state index in [-0.39, 0.29) is 9.88 Å². The van der Waals surface area contributed by atoms with Crippen LogP contribution in [-0.4, -0.2) is 18.9 Å². The number of hydrogen-bond acceptors (Lipinski definition) is 3. The Morgan fingerprint density at radius 1 is 1.32 bits per heavy atom. The molecule has 0 aliphatic rings. The minimum Gasteiger partial charge on any atom is -0.392 e. The predicted octanol–water partition coefficient (Wildman–Crippen LogP) is 2.12. The Kier molecular flexibility index (Phi) is 5.06. The van der Waals surface area contributed by atoms with Gasteiger partial charge in [-0.15, -0.1) is 0 Å². The van der Waals surface area contributed by atoms with Crippen LogP contribution >= 0.6 is 12.2 Å². The summed E-state index contributed by atoms with van der Waals surface area (Å²) in [5.41, 5.74) is 5.55. The summed E-state index contributed by atoms with van der Waals surface area (Å²) < 4.78 is 27.6. The summed E-state index contributed by atoms with van der Waals surface area (Å²) in [4.78, 5) is 0.437. The zero-order valence-corrected chi connectivity index (χ0v) is 13.1. The Bertz CT molecular complexity index is 564. The molecule has 0 amide bonds. The monoisotopic (exact) mass is 300 g/mol. The Morgan fingerprint density at radius 3 is 2.26 bits per heavy atom. The van der Waals surface area contributed by atoms with Crippen LogP contribution in [0.1, 0.15) is 32.3 Å². The summed E-state index contributed by atoms with van der Waals surface area (Å²) >= 11 is 5.03. The molecule has 0 atom stereocenters. The topological polar surface area (TPSA) is 72.2 Å². The van der Waals surface area contributed by atoms with E-state index in [1.54, 1.807) is 31.2 Å². The average Bonchev–Trinajstić information content (AvgIpc) is 2.36.